The Morgan fingerprint density at radius 1 is 1.39 bits per heavy atom. The predicted octanol–water partition coefficient (Wildman–Crippen LogP) is 5.39. The van der Waals surface area contributed by atoms with E-state index < -0.39 is 8.32 Å². The molecule has 2 heterocycles. The van der Waals surface area contributed by atoms with Crippen molar-refractivity contribution in [1.82, 2.24) is 4.90 Å². The lowest BCUT2D eigenvalue weighted by Crippen LogP contribution is -2.53. The summed E-state index contributed by atoms with van der Waals surface area (Å²) in [5.41, 5.74) is 1.78. The summed E-state index contributed by atoms with van der Waals surface area (Å²) < 4.78 is 12.8. The van der Waals surface area contributed by atoms with Crippen molar-refractivity contribution in [3.63, 3.8) is 0 Å². The van der Waals surface area contributed by atoms with Gasteiger partial charge in [0.15, 0.2) is 8.32 Å². The fourth-order valence-corrected chi connectivity index (χ4v) is 5.20. The van der Waals surface area contributed by atoms with Gasteiger partial charge in [-0.3, -0.25) is 0 Å². The van der Waals surface area contributed by atoms with Crippen LogP contribution in [0.5, 0.6) is 0 Å². The lowest BCUT2D eigenvalue weighted by molar-refractivity contribution is 0.0794. The molecule has 7 heteroatoms. The second-order valence-corrected chi connectivity index (χ2v) is 14.7. The third kappa shape index (κ3) is 3.45. The van der Waals surface area contributed by atoms with Crippen molar-refractivity contribution >= 4 is 31.6 Å². The summed E-state index contributed by atoms with van der Waals surface area (Å²) in [6.07, 6.45) is 1.10. The second kappa shape index (κ2) is 7.05. The quantitative estimate of drug-likeness (QED) is 0.616. The van der Waals surface area contributed by atoms with Gasteiger partial charge in [-0.05, 0) is 56.1 Å². The van der Waals surface area contributed by atoms with Crippen molar-refractivity contribution in [3.05, 3.63) is 28.3 Å². The minimum Gasteiger partial charge on any atom is -0.462 e. The molecule has 0 unspecified atom stereocenters. The van der Waals surface area contributed by atoms with Gasteiger partial charge in [-0.25, -0.2) is 0 Å². The molecule has 2 aliphatic rings. The van der Waals surface area contributed by atoms with Crippen LogP contribution in [0.2, 0.25) is 23.2 Å². The lowest BCUT2D eigenvalue weighted by atomic mass is 9.98. The molecule has 0 bridgehead atoms. The van der Waals surface area contributed by atoms with Crippen molar-refractivity contribution in [2.75, 3.05) is 13.2 Å². The van der Waals surface area contributed by atoms with Crippen LogP contribution in [0.4, 0.5) is 5.69 Å². The van der Waals surface area contributed by atoms with Crippen molar-refractivity contribution in [2.45, 2.75) is 70.8 Å². The Balaban J connectivity index is 1.86. The van der Waals surface area contributed by atoms with Gasteiger partial charge in [0, 0.05) is 6.54 Å². The Morgan fingerprint density at radius 3 is 2.68 bits per heavy atom. The van der Waals surface area contributed by atoms with Gasteiger partial charge in [0.1, 0.15) is 18.2 Å². The Labute approximate surface area is 174 Å². The molecular weight excluding hydrogens is 390 g/mol. The minimum absolute atomic E-state index is 0.131. The smallest absolute Gasteiger partial charge is 0.293 e. The molecule has 1 aromatic rings. The van der Waals surface area contributed by atoms with E-state index in [0.717, 1.165) is 24.2 Å². The van der Waals surface area contributed by atoms with Crippen LogP contribution in [0, 0.1) is 18.3 Å². The number of aliphatic imine (C=N–C) groups is 1. The van der Waals surface area contributed by atoms with Gasteiger partial charge in [0.2, 0.25) is 0 Å². The first-order valence-electron chi connectivity index (χ1n) is 9.77. The van der Waals surface area contributed by atoms with E-state index in [4.69, 9.17) is 31.0 Å². The molecule has 0 aromatic heterocycles. The van der Waals surface area contributed by atoms with Crippen LogP contribution in [0.1, 0.15) is 45.2 Å². The van der Waals surface area contributed by atoms with E-state index >= 15 is 0 Å². The van der Waals surface area contributed by atoms with Crippen molar-refractivity contribution in [2.24, 2.45) is 4.99 Å². The molecule has 2 aliphatic heterocycles. The van der Waals surface area contributed by atoms with E-state index in [9.17, 15) is 0 Å². The minimum atomic E-state index is -1.87. The molecule has 28 heavy (non-hydrogen) atoms. The summed E-state index contributed by atoms with van der Waals surface area (Å²) in [4.78, 5) is 6.98. The van der Waals surface area contributed by atoms with E-state index in [-0.39, 0.29) is 16.7 Å². The number of fused-ring (bicyclic) bond motifs is 1. The zero-order valence-electron chi connectivity index (χ0n) is 17.9. The number of rotatable bonds is 3. The third-order valence-electron chi connectivity index (χ3n) is 6.59. The SMILES string of the molecule is Cc1c(/N=C2\OC[C@]3(C)[C@@H](O[Si](C)(C)C(C)(C)C)CCN23)ccc(C#N)c1Cl. The molecule has 0 spiro atoms. The van der Waals surface area contributed by atoms with Gasteiger partial charge in [-0.1, -0.05) is 32.4 Å². The summed E-state index contributed by atoms with van der Waals surface area (Å²) >= 11 is 6.30. The lowest BCUT2D eigenvalue weighted by Gasteiger charge is -2.42. The highest BCUT2D eigenvalue weighted by Gasteiger charge is 2.55. The Bertz CT molecular complexity index is 856. The first-order valence-corrected chi connectivity index (χ1v) is 13.1. The Hall–Kier alpha value is -1.55. The average Bonchev–Trinajstić information content (AvgIpc) is 3.07. The first-order chi connectivity index (χ1) is 12.9. The highest BCUT2D eigenvalue weighted by atomic mass is 35.5. The molecule has 5 nitrogen and oxygen atoms in total. The number of ether oxygens (including phenoxy) is 1. The molecular formula is C21H30ClN3O2Si. The standard InChI is InChI=1S/C21H30ClN3O2Si/c1-14-16(9-8-15(12-23)18(14)22)24-19-25-11-10-17(21(25,5)13-26-19)27-28(6,7)20(2,3)4/h8-9,17H,10-11,13H2,1-7H3/b24-19-/t17-,21+/m0/s1. The zero-order chi connectivity index (χ0) is 20.9. The molecule has 1 aromatic carbocycles. The van der Waals surface area contributed by atoms with Crippen LogP contribution in [-0.2, 0) is 9.16 Å². The summed E-state index contributed by atoms with van der Waals surface area (Å²) in [7, 11) is -1.87. The normalized spacial score (nSPS) is 26.3. The van der Waals surface area contributed by atoms with E-state index in [1.807, 2.05) is 13.0 Å². The van der Waals surface area contributed by atoms with Crippen LogP contribution >= 0.6 is 11.6 Å². The molecule has 0 aliphatic carbocycles. The number of benzene rings is 1. The van der Waals surface area contributed by atoms with E-state index in [2.05, 4.69) is 51.8 Å². The summed E-state index contributed by atoms with van der Waals surface area (Å²) in [6.45, 7) is 16.9. The predicted molar refractivity (Wildman–Crippen MR) is 116 cm³/mol. The zero-order valence-corrected chi connectivity index (χ0v) is 19.6. The highest BCUT2D eigenvalue weighted by Crippen LogP contribution is 2.44. The third-order valence-corrected chi connectivity index (χ3v) is 11.6. The first kappa shape index (κ1) is 21.2. The summed E-state index contributed by atoms with van der Waals surface area (Å²) in [5.74, 6) is 0. The maximum absolute atomic E-state index is 9.14. The number of amidine groups is 1. The molecule has 0 radical (unpaired) electrons. The van der Waals surface area contributed by atoms with Crippen molar-refractivity contribution < 1.29 is 9.16 Å². The van der Waals surface area contributed by atoms with Crippen LogP contribution < -0.4 is 0 Å². The highest BCUT2D eigenvalue weighted by molar-refractivity contribution is 6.74. The number of nitriles is 1. The largest absolute Gasteiger partial charge is 0.462 e. The molecule has 2 atom stereocenters. The van der Waals surface area contributed by atoms with E-state index in [0.29, 0.717) is 23.2 Å². The van der Waals surface area contributed by atoms with Gasteiger partial charge < -0.3 is 14.1 Å². The summed E-state index contributed by atoms with van der Waals surface area (Å²) in [6, 6.07) is 6.25. The van der Waals surface area contributed by atoms with Crippen LogP contribution in [-0.4, -0.2) is 44.0 Å². The second-order valence-electron chi connectivity index (χ2n) is 9.53. The van der Waals surface area contributed by atoms with Crippen molar-refractivity contribution in [3.8, 4) is 6.07 Å². The monoisotopic (exact) mass is 419 g/mol. The van der Waals surface area contributed by atoms with Gasteiger partial charge in [0.05, 0.1) is 22.4 Å². The molecule has 0 N–H and O–H groups in total. The van der Waals surface area contributed by atoms with Gasteiger partial charge in [-0.2, -0.15) is 10.3 Å². The number of halogens is 1. The summed E-state index contributed by atoms with van der Waals surface area (Å²) in [5, 5.41) is 9.76. The molecule has 152 valence electrons. The van der Waals surface area contributed by atoms with Crippen LogP contribution in [0.3, 0.4) is 0 Å². The van der Waals surface area contributed by atoms with Gasteiger partial charge >= 0.3 is 0 Å². The van der Waals surface area contributed by atoms with Gasteiger partial charge in [0.25, 0.3) is 6.02 Å². The van der Waals surface area contributed by atoms with Crippen molar-refractivity contribution in [1.29, 1.82) is 5.26 Å². The molecule has 0 saturated carbocycles. The van der Waals surface area contributed by atoms with E-state index in [1.165, 1.54) is 0 Å². The topological polar surface area (TPSA) is 57.9 Å². The fourth-order valence-electron chi connectivity index (χ4n) is 3.56. The van der Waals surface area contributed by atoms with Crippen LogP contribution in [0.25, 0.3) is 0 Å². The number of nitrogens with zero attached hydrogens (tertiary/aromatic N) is 3. The average molecular weight is 420 g/mol. The molecule has 0 amide bonds. The van der Waals surface area contributed by atoms with Gasteiger partial charge in [-0.15, -0.1) is 0 Å². The van der Waals surface area contributed by atoms with E-state index in [1.54, 1.807) is 6.07 Å². The maximum Gasteiger partial charge on any atom is 0.293 e. The molecule has 3 rings (SSSR count). The number of hydrogen-bond acceptors (Lipinski definition) is 4. The maximum atomic E-state index is 9.14. The molecule has 2 saturated heterocycles. The Morgan fingerprint density at radius 2 is 2.07 bits per heavy atom. The fraction of sp³-hybridized carbons (Fsp3) is 0.619. The van der Waals surface area contributed by atoms with Crippen LogP contribution in [0.15, 0.2) is 17.1 Å². The molecule has 2 fully saturated rings. The Kier molecular flexibility index (Phi) is 5.33. The number of hydrogen-bond donors (Lipinski definition) is 0.